The lowest BCUT2D eigenvalue weighted by Crippen LogP contribution is -2.56. The zero-order chi connectivity index (χ0) is 37.6. The number of nitriles is 1. The Kier molecular flexibility index (Phi) is 12.4. The molecule has 1 unspecified atom stereocenters. The van der Waals surface area contributed by atoms with Gasteiger partial charge in [0.05, 0.1) is 18.4 Å². The van der Waals surface area contributed by atoms with Gasteiger partial charge in [0.25, 0.3) is 0 Å². The van der Waals surface area contributed by atoms with E-state index >= 15 is 0 Å². The molecule has 0 spiro atoms. The largest absolute Gasteiger partial charge is 0.462 e. The Hall–Kier alpha value is -4.63. The van der Waals surface area contributed by atoms with Gasteiger partial charge in [0, 0.05) is 14.2 Å². The first-order valence-electron chi connectivity index (χ1n) is 15.7. The molecule has 1 aliphatic heterocycles. The van der Waals surface area contributed by atoms with Crippen LogP contribution < -0.4 is 15.3 Å². The van der Waals surface area contributed by atoms with E-state index in [2.05, 4.69) is 15.2 Å². The maximum Gasteiger partial charge on any atom is 0.459 e. The van der Waals surface area contributed by atoms with Crippen LogP contribution in [0, 0.1) is 11.3 Å². The van der Waals surface area contributed by atoms with E-state index < -0.39 is 80.5 Å². The van der Waals surface area contributed by atoms with Crippen molar-refractivity contribution in [1.82, 2.24) is 19.7 Å². The maximum absolute atomic E-state index is 14.4. The zero-order valence-corrected chi connectivity index (χ0v) is 30.0. The monoisotopic (exact) mass is 732 g/mol. The quantitative estimate of drug-likeness (QED) is 0.122. The van der Waals surface area contributed by atoms with Crippen LogP contribution in [0.15, 0.2) is 48.8 Å². The third kappa shape index (κ3) is 8.47. The minimum atomic E-state index is -4.60. The van der Waals surface area contributed by atoms with E-state index in [1.54, 1.807) is 32.0 Å². The first kappa shape index (κ1) is 39.2. The highest BCUT2D eigenvalue weighted by molar-refractivity contribution is 7.52. The average molecular weight is 733 g/mol. The molecule has 4 rings (SSSR count). The van der Waals surface area contributed by atoms with Gasteiger partial charge in [-0.1, -0.05) is 18.2 Å². The molecule has 1 saturated heterocycles. The second kappa shape index (κ2) is 16.1. The minimum absolute atomic E-state index is 0.0634. The van der Waals surface area contributed by atoms with Crippen LogP contribution >= 0.6 is 7.75 Å². The van der Waals surface area contributed by atoms with E-state index in [9.17, 15) is 24.2 Å². The van der Waals surface area contributed by atoms with Gasteiger partial charge in [-0.2, -0.15) is 15.4 Å². The molecule has 1 aromatic carbocycles. The summed E-state index contributed by atoms with van der Waals surface area (Å²) < 4.78 is 61.0. The molecule has 1 fully saturated rings. The third-order valence-corrected chi connectivity index (χ3v) is 9.48. The first-order valence-corrected chi connectivity index (χ1v) is 17.3. The van der Waals surface area contributed by atoms with Gasteiger partial charge in [0.15, 0.2) is 24.1 Å². The van der Waals surface area contributed by atoms with Gasteiger partial charge < -0.3 is 38.7 Å². The summed E-state index contributed by atoms with van der Waals surface area (Å²) in [5, 5.41) is 17.6. The second-order valence-electron chi connectivity index (χ2n) is 11.8. The number of para-hydroxylation sites is 1. The lowest BCUT2D eigenvalue weighted by molar-refractivity contribution is -0.197. The number of hydrogen-bond donors (Lipinski definition) is 2. The van der Waals surface area contributed by atoms with Crippen LogP contribution in [0.1, 0.15) is 40.3 Å². The summed E-state index contributed by atoms with van der Waals surface area (Å²) in [5.41, 5.74) is 1.95. The smallest absolute Gasteiger partial charge is 0.459 e. The summed E-state index contributed by atoms with van der Waals surface area (Å²) in [6, 6.07) is 11.7. The number of nitrogens with zero attached hydrogens (tertiary/aromatic N) is 4. The van der Waals surface area contributed by atoms with E-state index in [-0.39, 0.29) is 22.8 Å². The van der Waals surface area contributed by atoms with Crippen LogP contribution in [-0.4, -0.2) is 96.0 Å². The Morgan fingerprint density at radius 2 is 1.73 bits per heavy atom. The molecule has 7 atom stereocenters. The predicted molar refractivity (Wildman–Crippen MR) is 177 cm³/mol. The summed E-state index contributed by atoms with van der Waals surface area (Å²) in [4.78, 5) is 43.6. The number of anilines is 1. The minimum Gasteiger partial charge on any atom is -0.462 e. The lowest BCUT2D eigenvalue weighted by atomic mass is 9.85. The molecule has 18 nitrogen and oxygen atoms in total. The van der Waals surface area contributed by atoms with Crippen LogP contribution in [0.3, 0.4) is 0 Å². The van der Waals surface area contributed by atoms with Crippen molar-refractivity contribution in [2.24, 2.45) is 0 Å². The van der Waals surface area contributed by atoms with Gasteiger partial charge in [-0.15, -0.1) is 0 Å². The van der Waals surface area contributed by atoms with Gasteiger partial charge >= 0.3 is 25.7 Å². The predicted octanol–water partition coefficient (Wildman–Crippen LogP) is 2.46. The number of fused-ring (bicyclic) bond motifs is 1. The fourth-order valence-electron chi connectivity index (χ4n) is 4.99. The normalized spacial score (nSPS) is 23.1. The zero-order valence-electron chi connectivity index (χ0n) is 29.1. The highest BCUT2D eigenvalue weighted by atomic mass is 31.2. The molecular formula is C32H41N6O12P. The van der Waals surface area contributed by atoms with Crippen molar-refractivity contribution in [2.75, 3.05) is 33.2 Å². The molecule has 51 heavy (non-hydrogen) atoms. The van der Waals surface area contributed by atoms with Crippen molar-refractivity contribution in [2.45, 2.75) is 76.3 Å². The Morgan fingerprint density at radius 3 is 2.35 bits per heavy atom. The fraction of sp³-hybridized carbons (Fsp3) is 0.500. The van der Waals surface area contributed by atoms with E-state index in [1.165, 1.54) is 63.8 Å². The van der Waals surface area contributed by atoms with E-state index in [0.717, 1.165) is 6.33 Å². The third-order valence-electron chi connectivity index (χ3n) is 7.86. The number of carbonyl (C=O) groups is 3. The Labute approximate surface area is 294 Å². The van der Waals surface area contributed by atoms with E-state index in [1.807, 2.05) is 6.07 Å². The molecule has 0 radical (unpaired) electrons. The molecule has 0 aliphatic carbocycles. The van der Waals surface area contributed by atoms with Crippen LogP contribution in [0.5, 0.6) is 5.75 Å². The van der Waals surface area contributed by atoms with Gasteiger partial charge in [0.2, 0.25) is 11.2 Å². The van der Waals surface area contributed by atoms with Crippen molar-refractivity contribution in [1.29, 1.82) is 5.26 Å². The van der Waals surface area contributed by atoms with Crippen LogP contribution in [-0.2, 0) is 57.5 Å². The second-order valence-corrected chi connectivity index (χ2v) is 13.5. The van der Waals surface area contributed by atoms with Gasteiger partial charge in [-0.05, 0) is 58.9 Å². The summed E-state index contributed by atoms with van der Waals surface area (Å²) in [6.07, 6.45) is -3.49. The molecule has 0 amide bonds. The topological polar surface area (TPSA) is 234 Å². The number of rotatable bonds is 16. The Bertz CT molecular complexity index is 1800. The summed E-state index contributed by atoms with van der Waals surface area (Å²) in [5.74, 6) is -2.52. The molecule has 3 N–H and O–H groups in total. The molecule has 0 bridgehead atoms. The number of nitrogens with one attached hydrogen (secondary N) is 1. The fourth-order valence-corrected chi connectivity index (χ4v) is 6.51. The molecule has 3 heterocycles. The molecule has 276 valence electrons. The molecule has 1 aliphatic rings. The van der Waals surface area contributed by atoms with Crippen molar-refractivity contribution >= 4 is 37.0 Å². The SMILES string of the molecule is CO[C@@H](C)C(=O)O[C@H]1C(OC(=O)[C@H](C)OC)(c2ccc3c(N)ncnn23)CO[C@]1(C#N)CO[P@@](=O)(N[C@@H](C)C(=O)OC(C)C)Oc1ccccc1. The Balaban J connectivity index is 1.85. The van der Waals surface area contributed by atoms with Crippen LogP contribution in [0.2, 0.25) is 0 Å². The summed E-state index contributed by atoms with van der Waals surface area (Å²) in [7, 11) is -2.06. The number of ether oxygens (including phenoxy) is 6. The lowest BCUT2D eigenvalue weighted by Gasteiger charge is -2.37. The van der Waals surface area contributed by atoms with E-state index in [0.29, 0.717) is 0 Å². The molecule has 2 aromatic heterocycles. The molecule has 0 saturated carbocycles. The number of aromatic nitrogens is 3. The van der Waals surface area contributed by atoms with Gasteiger partial charge in [0.1, 0.15) is 36.3 Å². The number of carbonyl (C=O) groups excluding carboxylic acids is 3. The summed E-state index contributed by atoms with van der Waals surface area (Å²) in [6.45, 7) is 5.94. The van der Waals surface area contributed by atoms with E-state index in [4.69, 9.17) is 43.2 Å². The number of esters is 3. The van der Waals surface area contributed by atoms with Crippen molar-refractivity contribution in [3.8, 4) is 11.8 Å². The summed E-state index contributed by atoms with van der Waals surface area (Å²) >= 11 is 0. The highest BCUT2D eigenvalue weighted by Crippen LogP contribution is 2.50. The highest BCUT2D eigenvalue weighted by Gasteiger charge is 2.67. The number of nitrogen functional groups attached to an aromatic ring is 1. The molecular weight excluding hydrogens is 691 g/mol. The number of hydrogen-bond acceptors (Lipinski definition) is 16. The van der Waals surface area contributed by atoms with Crippen LogP contribution in [0.4, 0.5) is 5.82 Å². The number of methoxy groups -OCH3 is 2. The first-order chi connectivity index (χ1) is 24.1. The van der Waals surface area contributed by atoms with Crippen molar-refractivity contribution in [3.63, 3.8) is 0 Å². The number of nitrogens with two attached hydrogens (primary N) is 1. The van der Waals surface area contributed by atoms with Crippen molar-refractivity contribution < 1.29 is 56.4 Å². The van der Waals surface area contributed by atoms with Crippen LogP contribution in [0.25, 0.3) is 5.52 Å². The van der Waals surface area contributed by atoms with Gasteiger partial charge in [-0.3, -0.25) is 9.32 Å². The molecule has 3 aromatic rings. The Morgan fingerprint density at radius 1 is 1.06 bits per heavy atom. The van der Waals surface area contributed by atoms with Crippen molar-refractivity contribution in [3.05, 3.63) is 54.5 Å². The van der Waals surface area contributed by atoms with Gasteiger partial charge in [-0.25, -0.2) is 23.7 Å². The standard InChI is InChI=1S/C32H41N6O12P/c1-19(2)47-27(39)20(3)37-51(42,50-23-11-9-8-10-12-23)46-16-31(15-33)30(48-28(40)21(4)43-6)32(17-45-31,49-29(41)22(5)44-7)25-14-13-24-26(34)35-18-36-38(24)25/h8-14,18-22,30H,16-17H2,1-7H3,(H,37,42)(H2,34,35,36)/t20-,21-,22-,30+,31+,32?,51-/m0/s1. The molecule has 19 heteroatoms. The number of benzene rings is 1. The average Bonchev–Trinajstić information content (AvgIpc) is 3.68. The maximum atomic E-state index is 14.4.